The van der Waals surface area contributed by atoms with Crippen LogP contribution in [0.5, 0.6) is 0 Å². The molecule has 1 rings (SSSR count). The number of nitrogens with zero attached hydrogens (tertiary/aromatic N) is 1. The van der Waals surface area contributed by atoms with Gasteiger partial charge in [-0.2, -0.15) is 0 Å². The summed E-state index contributed by atoms with van der Waals surface area (Å²) >= 11 is 0. The fourth-order valence-electron chi connectivity index (χ4n) is 0.936. The van der Waals surface area contributed by atoms with Gasteiger partial charge < -0.3 is 11.5 Å². The highest BCUT2D eigenvalue weighted by Crippen LogP contribution is 2.12. The quantitative estimate of drug-likeness (QED) is 0.659. The minimum Gasteiger partial charge on any atom is -0.397 e. The summed E-state index contributed by atoms with van der Waals surface area (Å²) in [6.45, 7) is 3.61. The summed E-state index contributed by atoms with van der Waals surface area (Å²) in [7, 11) is 0. The zero-order valence-corrected chi connectivity index (χ0v) is 6.90. The molecule has 0 aliphatic carbocycles. The van der Waals surface area contributed by atoms with E-state index in [1.165, 1.54) is 0 Å². The third kappa shape index (κ3) is 2.07. The van der Waals surface area contributed by atoms with Crippen molar-refractivity contribution >= 4 is 5.69 Å². The average molecular weight is 163 g/mol. The number of nitrogens with two attached hydrogens (primary N) is 2. The molecule has 4 N–H and O–H groups in total. The molecular weight excluding hydrogens is 150 g/mol. The van der Waals surface area contributed by atoms with Gasteiger partial charge in [0, 0.05) is 0 Å². The molecule has 1 heterocycles. The minimum absolute atomic E-state index is 0.0666. The lowest BCUT2D eigenvalue weighted by atomic mass is 10.1. The number of aromatic nitrogens is 1. The maximum absolute atomic E-state index is 5.78. The van der Waals surface area contributed by atoms with Gasteiger partial charge in [-0.25, -0.2) is 0 Å². The van der Waals surface area contributed by atoms with Crippen LogP contribution in [0.2, 0.25) is 0 Å². The third-order valence-corrected chi connectivity index (χ3v) is 1.61. The van der Waals surface area contributed by atoms with E-state index in [0.29, 0.717) is 5.69 Å². The molecular formula is C9H13N3. The van der Waals surface area contributed by atoms with Crippen LogP contribution in [0.1, 0.15) is 18.2 Å². The molecule has 1 aromatic rings. The summed E-state index contributed by atoms with van der Waals surface area (Å²) in [5.74, 6) is 0. The molecule has 64 valence electrons. The van der Waals surface area contributed by atoms with Crippen LogP contribution in [-0.2, 0) is 0 Å². The van der Waals surface area contributed by atoms with Gasteiger partial charge >= 0.3 is 0 Å². The van der Waals surface area contributed by atoms with Crippen LogP contribution < -0.4 is 11.5 Å². The standard InChI is InChI=1S/C9H13N3/c1-2-3-8(11)9-5-4-7(10)6-12-9/h2,4-6,8H,1,3,10-11H2/t8-/m0/s1. The first kappa shape index (κ1) is 8.74. The van der Waals surface area contributed by atoms with Crippen molar-refractivity contribution in [2.75, 3.05) is 5.73 Å². The Morgan fingerprint density at radius 1 is 1.58 bits per heavy atom. The van der Waals surface area contributed by atoms with Crippen LogP contribution in [0.25, 0.3) is 0 Å². The molecule has 0 aromatic carbocycles. The molecule has 12 heavy (non-hydrogen) atoms. The van der Waals surface area contributed by atoms with Crippen molar-refractivity contribution in [3.63, 3.8) is 0 Å². The molecule has 3 nitrogen and oxygen atoms in total. The van der Waals surface area contributed by atoms with Crippen LogP contribution >= 0.6 is 0 Å². The van der Waals surface area contributed by atoms with Gasteiger partial charge in [-0.3, -0.25) is 4.98 Å². The molecule has 1 atom stereocenters. The summed E-state index contributed by atoms with van der Waals surface area (Å²) in [5.41, 5.74) is 12.8. The minimum atomic E-state index is -0.0666. The van der Waals surface area contributed by atoms with E-state index in [4.69, 9.17) is 11.5 Å². The topological polar surface area (TPSA) is 64.9 Å². The monoisotopic (exact) mass is 163 g/mol. The Balaban J connectivity index is 2.74. The van der Waals surface area contributed by atoms with Gasteiger partial charge in [0.15, 0.2) is 0 Å². The summed E-state index contributed by atoms with van der Waals surface area (Å²) in [4.78, 5) is 4.10. The van der Waals surface area contributed by atoms with E-state index in [1.807, 2.05) is 6.07 Å². The van der Waals surface area contributed by atoms with E-state index in [0.717, 1.165) is 12.1 Å². The molecule has 0 aliphatic heterocycles. The SMILES string of the molecule is C=CC[C@H](N)c1ccc(N)cn1. The Labute approximate surface area is 72.1 Å². The summed E-state index contributed by atoms with van der Waals surface area (Å²) in [6, 6.07) is 3.57. The van der Waals surface area contributed by atoms with Gasteiger partial charge in [0.2, 0.25) is 0 Å². The van der Waals surface area contributed by atoms with Gasteiger partial charge in [-0.15, -0.1) is 6.58 Å². The third-order valence-electron chi connectivity index (χ3n) is 1.61. The Bertz CT molecular complexity index is 253. The zero-order chi connectivity index (χ0) is 8.97. The van der Waals surface area contributed by atoms with Crippen molar-refractivity contribution in [3.8, 4) is 0 Å². The van der Waals surface area contributed by atoms with Crippen LogP contribution in [0.3, 0.4) is 0 Å². The number of hydrogen-bond acceptors (Lipinski definition) is 3. The number of anilines is 1. The lowest BCUT2D eigenvalue weighted by Crippen LogP contribution is -2.10. The molecule has 0 fully saturated rings. The molecule has 0 saturated heterocycles. The maximum Gasteiger partial charge on any atom is 0.0575 e. The smallest absolute Gasteiger partial charge is 0.0575 e. The Morgan fingerprint density at radius 3 is 2.83 bits per heavy atom. The second-order valence-electron chi connectivity index (χ2n) is 2.65. The highest BCUT2D eigenvalue weighted by Gasteiger charge is 2.03. The van der Waals surface area contributed by atoms with E-state index in [-0.39, 0.29) is 6.04 Å². The fraction of sp³-hybridized carbons (Fsp3) is 0.222. The van der Waals surface area contributed by atoms with Gasteiger partial charge in [0.25, 0.3) is 0 Å². The van der Waals surface area contributed by atoms with Crippen LogP contribution in [0.15, 0.2) is 31.0 Å². The van der Waals surface area contributed by atoms with Crippen molar-refractivity contribution in [3.05, 3.63) is 36.7 Å². The Morgan fingerprint density at radius 2 is 2.33 bits per heavy atom. The lowest BCUT2D eigenvalue weighted by Gasteiger charge is -2.07. The van der Waals surface area contributed by atoms with Crippen LogP contribution in [-0.4, -0.2) is 4.98 Å². The largest absolute Gasteiger partial charge is 0.397 e. The Kier molecular flexibility index (Phi) is 2.82. The first-order chi connectivity index (χ1) is 5.74. The highest BCUT2D eigenvalue weighted by atomic mass is 14.8. The second-order valence-corrected chi connectivity index (χ2v) is 2.65. The fourth-order valence-corrected chi connectivity index (χ4v) is 0.936. The summed E-state index contributed by atoms with van der Waals surface area (Å²) < 4.78 is 0. The van der Waals surface area contributed by atoms with Crippen LogP contribution in [0.4, 0.5) is 5.69 Å². The van der Waals surface area contributed by atoms with Gasteiger partial charge in [-0.1, -0.05) is 6.08 Å². The summed E-state index contributed by atoms with van der Waals surface area (Å²) in [6.07, 6.45) is 4.12. The molecule has 1 aromatic heterocycles. The zero-order valence-electron chi connectivity index (χ0n) is 6.90. The first-order valence-corrected chi connectivity index (χ1v) is 3.82. The van der Waals surface area contributed by atoms with Crippen molar-refractivity contribution in [1.29, 1.82) is 0 Å². The number of nitrogen functional groups attached to an aromatic ring is 1. The first-order valence-electron chi connectivity index (χ1n) is 3.82. The molecule has 0 bridgehead atoms. The van der Waals surface area contributed by atoms with E-state index in [2.05, 4.69) is 11.6 Å². The molecule has 0 saturated carbocycles. The second kappa shape index (κ2) is 3.88. The van der Waals surface area contributed by atoms with E-state index >= 15 is 0 Å². The number of rotatable bonds is 3. The predicted molar refractivity (Wildman–Crippen MR) is 50.4 cm³/mol. The lowest BCUT2D eigenvalue weighted by molar-refractivity contribution is 0.714. The highest BCUT2D eigenvalue weighted by molar-refractivity contribution is 5.35. The van der Waals surface area contributed by atoms with Gasteiger partial charge in [-0.05, 0) is 18.6 Å². The Hall–Kier alpha value is -1.35. The van der Waals surface area contributed by atoms with Crippen molar-refractivity contribution < 1.29 is 0 Å². The number of pyridine rings is 1. The van der Waals surface area contributed by atoms with E-state index < -0.39 is 0 Å². The van der Waals surface area contributed by atoms with E-state index in [9.17, 15) is 0 Å². The van der Waals surface area contributed by atoms with E-state index in [1.54, 1.807) is 18.3 Å². The average Bonchev–Trinajstić information content (AvgIpc) is 2.06. The molecule has 0 spiro atoms. The number of hydrogen-bond donors (Lipinski definition) is 2. The molecule has 0 aliphatic rings. The van der Waals surface area contributed by atoms with Crippen molar-refractivity contribution in [2.45, 2.75) is 12.5 Å². The predicted octanol–water partition coefficient (Wildman–Crippen LogP) is 1.24. The molecule has 0 radical (unpaired) electrons. The van der Waals surface area contributed by atoms with Gasteiger partial charge in [0.1, 0.15) is 0 Å². The van der Waals surface area contributed by atoms with Crippen molar-refractivity contribution in [2.24, 2.45) is 5.73 Å². The van der Waals surface area contributed by atoms with Gasteiger partial charge in [0.05, 0.1) is 23.6 Å². The molecule has 0 unspecified atom stereocenters. The van der Waals surface area contributed by atoms with Crippen molar-refractivity contribution in [1.82, 2.24) is 4.98 Å². The summed E-state index contributed by atoms with van der Waals surface area (Å²) in [5, 5.41) is 0. The van der Waals surface area contributed by atoms with Crippen LogP contribution in [0, 0.1) is 0 Å². The molecule has 0 amide bonds. The molecule has 3 heteroatoms. The maximum atomic E-state index is 5.78. The normalized spacial score (nSPS) is 12.4.